The van der Waals surface area contributed by atoms with Gasteiger partial charge in [0.05, 0.1) is 31.4 Å². The Morgan fingerprint density at radius 1 is 1.53 bits per heavy atom. The average molecular weight is 234 g/mol. The van der Waals surface area contributed by atoms with E-state index in [-0.39, 0.29) is 18.4 Å². The van der Waals surface area contributed by atoms with Crippen LogP contribution in [-0.4, -0.2) is 24.8 Å². The zero-order valence-corrected chi connectivity index (χ0v) is 10.4. The van der Waals surface area contributed by atoms with Crippen molar-refractivity contribution >= 4 is 12.2 Å². The number of esters is 1. The monoisotopic (exact) mass is 234 g/mol. The first-order chi connectivity index (χ1) is 8.20. The van der Waals surface area contributed by atoms with Crippen LogP contribution in [0.25, 0.3) is 0 Å². The van der Waals surface area contributed by atoms with Crippen molar-refractivity contribution < 1.29 is 9.53 Å². The number of hydrogen-bond donors (Lipinski definition) is 0. The van der Waals surface area contributed by atoms with Gasteiger partial charge in [0.25, 0.3) is 0 Å². The summed E-state index contributed by atoms with van der Waals surface area (Å²) in [5.74, 6) is 5.43. The smallest absolute Gasteiger partial charge is 0.307 e. The minimum absolute atomic E-state index is 0.109. The van der Waals surface area contributed by atoms with Gasteiger partial charge in [0.1, 0.15) is 0 Å². The topological polar surface area (TPSA) is 62.4 Å². The fourth-order valence-electron chi connectivity index (χ4n) is 1.05. The number of nitrogens with zero attached hydrogens (tertiary/aromatic N) is 2. The van der Waals surface area contributed by atoms with E-state index in [1.54, 1.807) is 6.92 Å². The second kappa shape index (κ2) is 10.7. The van der Waals surface area contributed by atoms with E-state index >= 15 is 0 Å². The molecule has 92 valence electrons. The molecule has 0 fully saturated rings. The first kappa shape index (κ1) is 15.2. The maximum absolute atomic E-state index is 11.1. The summed E-state index contributed by atoms with van der Waals surface area (Å²) in [4.78, 5) is 15.2. The summed E-state index contributed by atoms with van der Waals surface area (Å²) in [7, 11) is 0. The average Bonchev–Trinajstić information content (AvgIpc) is 2.28. The molecule has 0 aliphatic carbocycles. The molecule has 4 heteroatoms. The van der Waals surface area contributed by atoms with Gasteiger partial charge >= 0.3 is 5.97 Å². The van der Waals surface area contributed by atoms with Gasteiger partial charge in [-0.05, 0) is 20.3 Å². The van der Waals surface area contributed by atoms with Gasteiger partial charge in [-0.25, -0.2) is 0 Å². The number of rotatable bonds is 6. The van der Waals surface area contributed by atoms with Crippen LogP contribution in [0, 0.1) is 23.2 Å². The Kier molecular flexibility index (Phi) is 9.56. The van der Waals surface area contributed by atoms with Gasteiger partial charge in [0, 0.05) is 12.8 Å². The van der Waals surface area contributed by atoms with E-state index in [4.69, 9.17) is 10.00 Å². The van der Waals surface area contributed by atoms with Crippen molar-refractivity contribution in [2.24, 2.45) is 4.99 Å². The van der Waals surface area contributed by atoms with Crippen LogP contribution >= 0.6 is 0 Å². The van der Waals surface area contributed by atoms with Crippen molar-refractivity contribution in [3.05, 3.63) is 0 Å². The fourth-order valence-corrected chi connectivity index (χ4v) is 1.05. The van der Waals surface area contributed by atoms with Crippen LogP contribution in [0.15, 0.2) is 4.99 Å². The van der Waals surface area contributed by atoms with E-state index in [2.05, 4.69) is 22.9 Å². The normalized spacial score (nSPS) is 11.4. The van der Waals surface area contributed by atoms with Gasteiger partial charge in [-0.1, -0.05) is 11.8 Å². The van der Waals surface area contributed by atoms with E-state index in [0.717, 1.165) is 6.42 Å². The van der Waals surface area contributed by atoms with Crippen molar-refractivity contribution in [2.45, 2.75) is 45.6 Å². The van der Waals surface area contributed by atoms with Crippen molar-refractivity contribution in [1.29, 1.82) is 5.26 Å². The van der Waals surface area contributed by atoms with Crippen LogP contribution in [0.1, 0.15) is 39.5 Å². The number of carbonyl (C=O) groups is 1. The maximum Gasteiger partial charge on any atom is 0.307 e. The SMILES string of the molecule is CCOC(=O)CC(C)N=CC#CCCCC#N. The molecule has 0 saturated carbocycles. The van der Waals surface area contributed by atoms with Crippen LogP contribution in [0.5, 0.6) is 0 Å². The van der Waals surface area contributed by atoms with Gasteiger partial charge in [-0.2, -0.15) is 5.26 Å². The summed E-state index contributed by atoms with van der Waals surface area (Å²) in [5, 5.41) is 8.30. The van der Waals surface area contributed by atoms with E-state index in [9.17, 15) is 4.79 Å². The quantitative estimate of drug-likeness (QED) is 0.306. The Balaban J connectivity index is 3.76. The molecule has 1 atom stereocenters. The number of unbranched alkanes of at least 4 members (excludes halogenated alkanes) is 2. The Bertz CT molecular complexity index is 345. The van der Waals surface area contributed by atoms with Gasteiger partial charge in [0.2, 0.25) is 0 Å². The molecule has 1 unspecified atom stereocenters. The van der Waals surface area contributed by atoms with Crippen LogP contribution in [0.3, 0.4) is 0 Å². The Morgan fingerprint density at radius 3 is 2.94 bits per heavy atom. The molecule has 0 aliphatic heterocycles. The molecule has 0 rings (SSSR count). The van der Waals surface area contributed by atoms with Crippen LogP contribution in [0.4, 0.5) is 0 Å². The second-order valence-electron chi connectivity index (χ2n) is 3.47. The second-order valence-corrected chi connectivity index (χ2v) is 3.47. The molecular formula is C13H18N2O2. The first-order valence-corrected chi connectivity index (χ1v) is 5.73. The molecule has 0 heterocycles. The minimum atomic E-state index is -0.237. The predicted octanol–water partition coefficient (Wildman–Crippen LogP) is 2.10. The minimum Gasteiger partial charge on any atom is -0.466 e. The molecule has 0 radical (unpaired) electrons. The van der Waals surface area contributed by atoms with Gasteiger partial charge < -0.3 is 4.74 Å². The highest BCUT2D eigenvalue weighted by atomic mass is 16.5. The molecule has 0 spiro atoms. The summed E-state index contributed by atoms with van der Waals surface area (Å²) in [6, 6.07) is 1.95. The summed E-state index contributed by atoms with van der Waals surface area (Å²) >= 11 is 0. The Hall–Kier alpha value is -1.81. The van der Waals surface area contributed by atoms with Crippen LogP contribution in [0.2, 0.25) is 0 Å². The molecule has 4 nitrogen and oxygen atoms in total. The molecular weight excluding hydrogens is 216 g/mol. The lowest BCUT2D eigenvalue weighted by Crippen LogP contribution is -2.11. The van der Waals surface area contributed by atoms with Crippen molar-refractivity contribution in [3.63, 3.8) is 0 Å². The highest BCUT2D eigenvalue weighted by Gasteiger charge is 2.06. The summed E-state index contributed by atoms with van der Waals surface area (Å²) in [6.07, 6.45) is 3.81. The van der Waals surface area contributed by atoms with Crippen molar-refractivity contribution in [1.82, 2.24) is 0 Å². The molecule has 0 bridgehead atoms. The Labute approximate surface area is 103 Å². The molecule has 17 heavy (non-hydrogen) atoms. The lowest BCUT2D eigenvalue weighted by Gasteiger charge is -2.04. The van der Waals surface area contributed by atoms with Crippen molar-refractivity contribution in [3.8, 4) is 17.9 Å². The molecule has 0 aromatic carbocycles. The largest absolute Gasteiger partial charge is 0.466 e. The zero-order valence-electron chi connectivity index (χ0n) is 10.4. The molecule has 0 aromatic heterocycles. The van der Waals surface area contributed by atoms with Crippen LogP contribution in [-0.2, 0) is 9.53 Å². The molecule has 0 amide bonds. The highest BCUT2D eigenvalue weighted by molar-refractivity contribution is 5.78. The number of ether oxygens (including phenoxy) is 1. The van der Waals surface area contributed by atoms with E-state index in [0.29, 0.717) is 19.4 Å². The maximum atomic E-state index is 11.1. The number of hydrogen-bond acceptors (Lipinski definition) is 4. The standard InChI is InChI=1S/C13H18N2O2/c1-3-17-13(16)11-12(2)15-10-8-6-4-5-7-9-14/h10,12H,3-5,7,11H2,1-2H3. The third-order valence-corrected chi connectivity index (χ3v) is 1.85. The van der Waals surface area contributed by atoms with Gasteiger partial charge in [-0.3, -0.25) is 9.79 Å². The van der Waals surface area contributed by atoms with E-state index in [1.165, 1.54) is 6.21 Å². The zero-order chi connectivity index (χ0) is 12.9. The Morgan fingerprint density at radius 2 is 2.29 bits per heavy atom. The predicted molar refractivity (Wildman–Crippen MR) is 66.4 cm³/mol. The summed E-state index contributed by atoms with van der Waals surface area (Å²) in [5.41, 5.74) is 0. The number of nitriles is 1. The lowest BCUT2D eigenvalue weighted by atomic mass is 10.2. The van der Waals surface area contributed by atoms with Gasteiger partial charge in [-0.15, -0.1) is 0 Å². The third kappa shape index (κ3) is 10.5. The number of aliphatic imine (C=N–C) groups is 1. The van der Waals surface area contributed by atoms with E-state index in [1.807, 2.05) is 6.92 Å². The molecule has 0 aliphatic rings. The van der Waals surface area contributed by atoms with Gasteiger partial charge in [0.15, 0.2) is 0 Å². The number of carbonyl (C=O) groups excluding carboxylic acids is 1. The fraction of sp³-hybridized carbons (Fsp3) is 0.615. The van der Waals surface area contributed by atoms with Crippen molar-refractivity contribution in [2.75, 3.05) is 6.61 Å². The lowest BCUT2D eigenvalue weighted by molar-refractivity contribution is -0.143. The third-order valence-electron chi connectivity index (χ3n) is 1.85. The van der Waals surface area contributed by atoms with E-state index < -0.39 is 0 Å². The van der Waals surface area contributed by atoms with Crippen LogP contribution < -0.4 is 0 Å². The highest BCUT2D eigenvalue weighted by Crippen LogP contribution is 1.98. The molecule has 0 N–H and O–H groups in total. The molecule has 0 aromatic rings. The first-order valence-electron chi connectivity index (χ1n) is 5.73. The summed E-state index contributed by atoms with van der Waals surface area (Å²) < 4.78 is 4.80. The summed E-state index contributed by atoms with van der Waals surface area (Å²) in [6.45, 7) is 4.01. The molecule has 0 saturated heterocycles.